The fraction of sp³-hybridized carbons (Fsp3) is 0.333. The van der Waals surface area contributed by atoms with Crippen molar-refractivity contribution in [3.05, 3.63) is 57.5 Å². The molecule has 6 nitrogen and oxygen atoms in total. The van der Waals surface area contributed by atoms with Gasteiger partial charge in [-0.15, -0.1) is 10.2 Å². The first-order valence-corrected chi connectivity index (χ1v) is 9.30. The Morgan fingerprint density at radius 3 is 2.36 bits per heavy atom. The van der Waals surface area contributed by atoms with Crippen LogP contribution in [0.5, 0.6) is 0 Å². The van der Waals surface area contributed by atoms with Gasteiger partial charge >= 0.3 is 0 Å². The quantitative estimate of drug-likeness (QED) is 0.469. The van der Waals surface area contributed by atoms with Gasteiger partial charge in [-0.25, -0.2) is 0 Å². The van der Waals surface area contributed by atoms with Crippen LogP contribution in [-0.2, 0) is 6.54 Å². The number of aliphatic hydroxyl groups is 2. The van der Waals surface area contributed by atoms with E-state index in [0.717, 1.165) is 49.9 Å². The van der Waals surface area contributed by atoms with Gasteiger partial charge in [0, 0.05) is 16.5 Å². The van der Waals surface area contributed by atoms with Gasteiger partial charge in [-0.05, 0) is 24.4 Å². The second kappa shape index (κ2) is 6.78. The third-order valence-corrected chi connectivity index (χ3v) is 5.65. The number of hydrogen-bond acceptors (Lipinski definition) is 5. The highest BCUT2D eigenvalue weighted by Gasteiger charge is 2.37. The lowest BCUT2D eigenvalue weighted by Crippen LogP contribution is -3.15. The van der Waals surface area contributed by atoms with Crippen molar-refractivity contribution in [1.29, 1.82) is 0 Å². The zero-order valence-electron chi connectivity index (χ0n) is 14.0. The number of quaternary nitrogens is 2. The Morgan fingerprint density at radius 1 is 1.08 bits per heavy atom. The second-order valence-electron chi connectivity index (χ2n) is 6.42. The molecule has 5 N–H and O–H groups in total. The van der Waals surface area contributed by atoms with Crippen LogP contribution >= 0.6 is 11.3 Å². The molecule has 1 aromatic heterocycles. The van der Waals surface area contributed by atoms with E-state index in [1.165, 1.54) is 0 Å². The van der Waals surface area contributed by atoms with Crippen molar-refractivity contribution in [3.63, 3.8) is 0 Å². The Morgan fingerprint density at radius 2 is 1.76 bits per heavy atom. The molecular weight excluding hydrogens is 336 g/mol. The van der Waals surface area contributed by atoms with Crippen molar-refractivity contribution in [2.75, 3.05) is 13.1 Å². The van der Waals surface area contributed by atoms with Crippen LogP contribution in [0.2, 0.25) is 0 Å². The van der Waals surface area contributed by atoms with Crippen molar-refractivity contribution >= 4 is 22.1 Å². The van der Waals surface area contributed by atoms with E-state index in [9.17, 15) is 10.2 Å². The van der Waals surface area contributed by atoms with Crippen molar-refractivity contribution in [2.24, 2.45) is 0 Å². The van der Waals surface area contributed by atoms with Crippen LogP contribution in [-0.4, -0.2) is 33.5 Å². The van der Waals surface area contributed by atoms with Crippen LogP contribution in [0.4, 0.5) is 0 Å². The molecule has 25 heavy (non-hydrogen) atoms. The topological polar surface area (TPSA) is 87.3 Å². The second-order valence-corrected chi connectivity index (χ2v) is 7.69. The van der Waals surface area contributed by atoms with Crippen LogP contribution in [0.3, 0.4) is 0 Å². The third kappa shape index (κ3) is 3.05. The SMILES string of the molecule is Cc1nnc(C[NH2+]CC[NH+]2C(O)c3cccc4cccc(c34)C2O)s1. The molecule has 0 aliphatic carbocycles. The van der Waals surface area contributed by atoms with Gasteiger partial charge in [0.25, 0.3) is 0 Å². The molecule has 0 bridgehead atoms. The average molecular weight is 358 g/mol. The lowest BCUT2D eigenvalue weighted by Gasteiger charge is -2.34. The fourth-order valence-electron chi connectivity index (χ4n) is 3.59. The Balaban J connectivity index is 1.48. The molecule has 2 heterocycles. The van der Waals surface area contributed by atoms with Gasteiger partial charge in [-0.3, -0.25) is 4.90 Å². The molecule has 1 aliphatic rings. The minimum atomic E-state index is -0.717. The van der Waals surface area contributed by atoms with Crippen LogP contribution in [0, 0.1) is 6.92 Å². The van der Waals surface area contributed by atoms with Gasteiger partial charge in [0.05, 0.1) is 0 Å². The van der Waals surface area contributed by atoms with Crippen molar-refractivity contribution < 1.29 is 20.4 Å². The molecule has 3 aromatic rings. The molecule has 0 spiro atoms. The smallest absolute Gasteiger partial charge is 0.219 e. The standard InChI is InChI=1S/C18H20N4O2S/c1-11-20-21-15(25-11)10-19-8-9-22-17(23)13-6-2-4-12-5-3-7-14(16(12)13)18(22)24/h2-7,17-19,23-24H,8-10H2,1H3/p+2. The molecule has 130 valence electrons. The van der Waals surface area contributed by atoms with E-state index in [2.05, 4.69) is 15.5 Å². The summed E-state index contributed by atoms with van der Waals surface area (Å²) < 4.78 is 0. The van der Waals surface area contributed by atoms with E-state index in [1.807, 2.05) is 43.3 Å². The first-order chi connectivity index (χ1) is 12.1. The normalized spacial score (nSPS) is 22.4. The number of nitrogens with zero attached hydrogens (tertiary/aromatic N) is 2. The highest BCUT2D eigenvalue weighted by molar-refractivity contribution is 7.11. The predicted octanol–water partition coefficient (Wildman–Crippen LogP) is -0.356. The molecule has 0 saturated carbocycles. The molecular formula is C18H22N4O2S+2. The third-order valence-electron chi connectivity index (χ3n) is 4.78. The van der Waals surface area contributed by atoms with Crippen LogP contribution in [0.15, 0.2) is 36.4 Å². The lowest BCUT2D eigenvalue weighted by atomic mass is 9.93. The zero-order chi connectivity index (χ0) is 17.4. The summed E-state index contributed by atoms with van der Waals surface area (Å²) in [5, 5.41) is 35.9. The maximum atomic E-state index is 10.8. The summed E-state index contributed by atoms with van der Waals surface area (Å²) in [6, 6.07) is 11.9. The summed E-state index contributed by atoms with van der Waals surface area (Å²) in [5.41, 5.74) is 1.79. The van der Waals surface area contributed by atoms with E-state index < -0.39 is 12.5 Å². The van der Waals surface area contributed by atoms with Gasteiger partial charge < -0.3 is 15.5 Å². The Hall–Kier alpha value is -1.90. The first kappa shape index (κ1) is 16.6. The van der Waals surface area contributed by atoms with E-state index in [4.69, 9.17) is 0 Å². The molecule has 2 unspecified atom stereocenters. The van der Waals surface area contributed by atoms with E-state index in [-0.39, 0.29) is 0 Å². The summed E-state index contributed by atoms with van der Waals surface area (Å²) in [7, 11) is 0. The van der Waals surface area contributed by atoms with Gasteiger partial charge in [0.1, 0.15) is 24.6 Å². The van der Waals surface area contributed by atoms with Gasteiger partial charge in [-0.1, -0.05) is 35.6 Å². The molecule has 1 aliphatic heterocycles. The summed E-state index contributed by atoms with van der Waals surface area (Å²) in [5.74, 6) is 0. The van der Waals surface area contributed by atoms with E-state index in [0.29, 0.717) is 6.54 Å². The molecule has 2 atom stereocenters. The van der Waals surface area contributed by atoms with E-state index in [1.54, 1.807) is 11.3 Å². The van der Waals surface area contributed by atoms with Crippen molar-refractivity contribution in [3.8, 4) is 0 Å². The lowest BCUT2D eigenvalue weighted by molar-refractivity contribution is -1.01. The summed E-state index contributed by atoms with van der Waals surface area (Å²) in [4.78, 5) is 0.774. The predicted molar refractivity (Wildman–Crippen MR) is 94.8 cm³/mol. The zero-order valence-corrected chi connectivity index (χ0v) is 14.8. The van der Waals surface area contributed by atoms with Gasteiger partial charge in [0.15, 0.2) is 5.01 Å². The molecule has 4 rings (SSSR count). The number of aromatic nitrogens is 2. The molecule has 0 saturated heterocycles. The van der Waals surface area contributed by atoms with Crippen LogP contribution in [0.25, 0.3) is 10.8 Å². The fourth-order valence-corrected chi connectivity index (χ4v) is 4.30. The number of hydrogen-bond donors (Lipinski definition) is 4. The molecule has 0 amide bonds. The molecule has 2 aromatic carbocycles. The monoisotopic (exact) mass is 358 g/mol. The average Bonchev–Trinajstić information content (AvgIpc) is 3.04. The molecule has 0 fully saturated rings. The minimum Gasteiger partial charge on any atom is -0.341 e. The molecule has 7 heteroatoms. The maximum absolute atomic E-state index is 10.8. The number of aliphatic hydroxyl groups excluding tert-OH is 2. The van der Waals surface area contributed by atoms with Crippen LogP contribution in [0.1, 0.15) is 33.6 Å². The highest BCUT2D eigenvalue weighted by Crippen LogP contribution is 2.31. The summed E-state index contributed by atoms with van der Waals surface area (Å²) >= 11 is 1.60. The number of rotatable bonds is 5. The summed E-state index contributed by atoms with van der Waals surface area (Å²) in [6.45, 7) is 4.17. The Bertz CT molecular complexity index is 853. The minimum absolute atomic E-state index is 0.658. The number of benzene rings is 2. The Labute approximate surface area is 149 Å². The number of nitrogens with one attached hydrogen (secondary N) is 1. The summed E-state index contributed by atoms with van der Waals surface area (Å²) in [6.07, 6.45) is -1.43. The Kier molecular flexibility index (Phi) is 4.49. The van der Waals surface area contributed by atoms with Gasteiger partial charge in [-0.2, -0.15) is 0 Å². The first-order valence-electron chi connectivity index (χ1n) is 8.49. The number of nitrogens with two attached hydrogens (primary N) is 1. The van der Waals surface area contributed by atoms with Crippen LogP contribution < -0.4 is 10.2 Å². The van der Waals surface area contributed by atoms with E-state index >= 15 is 0 Å². The van der Waals surface area contributed by atoms with Crippen molar-refractivity contribution in [1.82, 2.24) is 10.2 Å². The van der Waals surface area contributed by atoms with Gasteiger partial charge in [0.2, 0.25) is 12.5 Å². The number of aryl methyl sites for hydroxylation is 1. The molecule has 0 radical (unpaired) electrons. The highest BCUT2D eigenvalue weighted by atomic mass is 32.1. The van der Waals surface area contributed by atoms with Crippen molar-refractivity contribution in [2.45, 2.75) is 25.9 Å². The maximum Gasteiger partial charge on any atom is 0.219 e. The largest absolute Gasteiger partial charge is 0.341 e.